The molecule has 2 atom stereocenters. The van der Waals surface area contributed by atoms with Crippen LogP contribution in [0.2, 0.25) is 0 Å². The number of aromatic nitrogens is 2. The minimum Gasteiger partial charge on any atom is -0.351 e. The molecule has 2 aromatic rings. The molecule has 0 bridgehead atoms. The molecule has 5 heteroatoms. The first-order valence-corrected chi connectivity index (χ1v) is 10.0. The van der Waals surface area contributed by atoms with E-state index in [1.54, 1.807) is 19.1 Å². The Bertz CT molecular complexity index is 941. The van der Waals surface area contributed by atoms with Crippen molar-refractivity contribution >= 4 is 12.0 Å². The van der Waals surface area contributed by atoms with Crippen LogP contribution in [0.4, 0.5) is 4.39 Å². The van der Waals surface area contributed by atoms with Crippen LogP contribution in [0, 0.1) is 17.2 Å². The van der Waals surface area contributed by atoms with Gasteiger partial charge in [-0.25, -0.2) is 9.07 Å². The molecule has 1 aromatic carbocycles. The maximum atomic E-state index is 13.3. The van der Waals surface area contributed by atoms with Crippen LogP contribution in [0.5, 0.6) is 0 Å². The van der Waals surface area contributed by atoms with E-state index in [1.165, 1.54) is 23.3 Å². The zero-order valence-corrected chi connectivity index (χ0v) is 17.1. The Labute approximate surface area is 165 Å². The van der Waals surface area contributed by atoms with E-state index in [0.717, 1.165) is 37.1 Å². The second kappa shape index (κ2) is 6.57. The first-order valence-electron chi connectivity index (χ1n) is 10.0. The van der Waals surface area contributed by atoms with E-state index in [-0.39, 0.29) is 22.7 Å². The molecule has 1 amide bonds. The van der Waals surface area contributed by atoms with Crippen LogP contribution in [0.15, 0.2) is 36.0 Å². The lowest BCUT2D eigenvalue weighted by molar-refractivity contribution is -0.120. The number of hydrogen-bond donors (Lipinski definition) is 1. The predicted molar refractivity (Wildman–Crippen MR) is 109 cm³/mol. The summed E-state index contributed by atoms with van der Waals surface area (Å²) in [6, 6.07) is 6.48. The Kier molecular flexibility index (Phi) is 4.44. The number of nitrogens with one attached hydrogen (secondary N) is 1. The smallest absolute Gasteiger partial charge is 0.217 e. The fraction of sp³-hybridized carbons (Fsp3) is 0.478. The predicted octanol–water partition coefficient (Wildman–Crippen LogP) is 4.67. The molecular formula is C23H28FN3O. The number of halogens is 1. The van der Waals surface area contributed by atoms with Crippen LogP contribution >= 0.6 is 0 Å². The Morgan fingerprint density at radius 1 is 1.36 bits per heavy atom. The molecule has 28 heavy (non-hydrogen) atoms. The van der Waals surface area contributed by atoms with Gasteiger partial charge in [0.15, 0.2) is 0 Å². The number of nitrogens with zero attached hydrogens (tertiary/aromatic N) is 2. The van der Waals surface area contributed by atoms with Crippen LogP contribution in [-0.4, -0.2) is 21.2 Å². The van der Waals surface area contributed by atoms with Gasteiger partial charge in [0.2, 0.25) is 5.91 Å². The van der Waals surface area contributed by atoms with Gasteiger partial charge in [-0.2, -0.15) is 5.10 Å². The molecule has 1 aromatic heterocycles. The molecule has 4 rings (SSSR count). The molecule has 4 nitrogen and oxygen atoms in total. The lowest BCUT2D eigenvalue weighted by atomic mass is 9.67. The summed E-state index contributed by atoms with van der Waals surface area (Å²) < 4.78 is 15.2. The van der Waals surface area contributed by atoms with E-state index in [4.69, 9.17) is 0 Å². The standard InChI is InChI=1S/C23H28FN3O/c1-15(28)26-22(2,3)13-18-6-5-17-11-21-16(12-23(17,18)4)14-25-27(21)20-9-7-19(24)8-10-20/h7-11,14,18H,5-6,12-13H2,1-4H3,(H,26,28). The van der Waals surface area contributed by atoms with Gasteiger partial charge in [0, 0.05) is 12.5 Å². The fourth-order valence-corrected chi connectivity index (χ4v) is 5.19. The highest BCUT2D eigenvalue weighted by Crippen LogP contribution is 2.55. The van der Waals surface area contributed by atoms with Crippen LogP contribution in [-0.2, 0) is 11.2 Å². The topological polar surface area (TPSA) is 46.9 Å². The van der Waals surface area contributed by atoms with Crippen LogP contribution < -0.4 is 5.32 Å². The maximum Gasteiger partial charge on any atom is 0.217 e. The summed E-state index contributed by atoms with van der Waals surface area (Å²) >= 11 is 0. The third-order valence-electron chi connectivity index (χ3n) is 6.49. The van der Waals surface area contributed by atoms with Crippen LogP contribution in [0.3, 0.4) is 0 Å². The quantitative estimate of drug-likeness (QED) is 0.836. The summed E-state index contributed by atoms with van der Waals surface area (Å²) in [6.07, 6.45) is 8.37. The van der Waals surface area contributed by atoms with Gasteiger partial charge in [0.1, 0.15) is 5.82 Å². The summed E-state index contributed by atoms with van der Waals surface area (Å²) in [5, 5.41) is 7.69. The second-order valence-electron chi connectivity index (χ2n) is 9.21. The van der Waals surface area contributed by atoms with Crippen LogP contribution in [0.1, 0.15) is 58.2 Å². The molecule has 0 aliphatic heterocycles. The third-order valence-corrected chi connectivity index (χ3v) is 6.49. The SMILES string of the molecule is CC(=O)NC(C)(C)CC1CCC2=Cc3c(cnn3-c3ccc(F)cc3)CC21C. The van der Waals surface area contributed by atoms with Crippen molar-refractivity contribution in [3.63, 3.8) is 0 Å². The van der Waals surface area contributed by atoms with Gasteiger partial charge in [-0.05, 0) is 86.8 Å². The van der Waals surface area contributed by atoms with Crippen molar-refractivity contribution in [2.75, 3.05) is 0 Å². The number of benzene rings is 1. The van der Waals surface area contributed by atoms with E-state index in [2.05, 4.69) is 37.3 Å². The lowest BCUT2D eigenvalue weighted by Crippen LogP contribution is -2.45. The molecule has 1 fully saturated rings. The molecular weight excluding hydrogens is 353 g/mol. The van der Waals surface area contributed by atoms with E-state index < -0.39 is 0 Å². The van der Waals surface area contributed by atoms with Gasteiger partial charge in [-0.1, -0.05) is 12.5 Å². The zero-order valence-electron chi connectivity index (χ0n) is 17.1. The van der Waals surface area contributed by atoms with Crippen molar-refractivity contribution in [3.8, 4) is 5.69 Å². The molecule has 0 saturated heterocycles. The molecule has 0 spiro atoms. The Hall–Kier alpha value is -2.43. The van der Waals surface area contributed by atoms with Crippen molar-refractivity contribution in [1.29, 1.82) is 0 Å². The van der Waals surface area contributed by atoms with Gasteiger partial charge in [-0.15, -0.1) is 0 Å². The molecule has 148 valence electrons. The first kappa shape index (κ1) is 18.9. The number of rotatable bonds is 4. The van der Waals surface area contributed by atoms with Gasteiger partial charge >= 0.3 is 0 Å². The number of amides is 1. The first-order chi connectivity index (χ1) is 13.2. The minimum absolute atomic E-state index is 0.0235. The number of allylic oxidation sites excluding steroid dienone is 1. The third kappa shape index (κ3) is 3.27. The molecule has 2 aliphatic rings. The van der Waals surface area contributed by atoms with Gasteiger partial charge in [-0.3, -0.25) is 4.79 Å². The van der Waals surface area contributed by atoms with Crippen LogP contribution in [0.25, 0.3) is 11.8 Å². The van der Waals surface area contributed by atoms with Gasteiger partial charge in [0.05, 0.1) is 17.6 Å². The molecule has 1 saturated carbocycles. The lowest BCUT2D eigenvalue weighted by Gasteiger charge is -2.39. The summed E-state index contributed by atoms with van der Waals surface area (Å²) in [5.41, 5.74) is 4.57. The molecule has 1 heterocycles. The van der Waals surface area contributed by atoms with E-state index in [9.17, 15) is 9.18 Å². The van der Waals surface area contributed by atoms with Crippen molar-refractivity contribution in [2.45, 2.75) is 58.9 Å². The molecule has 2 unspecified atom stereocenters. The fourth-order valence-electron chi connectivity index (χ4n) is 5.19. The Morgan fingerprint density at radius 3 is 2.75 bits per heavy atom. The number of carbonyl (C=O) groups excluding carboxylic acids is 1. The largest absolute Gasteiger partial charge is 0.351 e. The highest BCUT2D eigenvalue weighted by atomic mass is 19.1. The van der Waals surface area contributed by atoms with Gasteiger partial charge < -0.3 is 5.32 Å². The van der Waals surface area contributed by atoms with Crippen molar-refractivity contribution < 1.29 is 9.18 Å². The number of fused-ring (bicyclic) bond motifs is 2. The summed E-state index contributed by atoms with van der Waals surface area (Å²) in [5.74, 6) is 0.300. The minimum atomic E-state index is -0.240. The molecule has 2 aliphatic carbocycles. The highest BCUT2D eigenvalue weighted by molar-refractivity contribution is 5.73. The van der Waals surface area contributed by atoms with Crippen molar-refractivity contribution in [3.05, 3.63) is 53.1 Å². The summed E-state index contributed by atoms with van der Waals surface area (Å²) in [7, 11) is 0. The van der Waals surface area contributed by atoms with Crippen molar-refractivity contribution in [1.82, 2.24) is 15.1 Å². The van der Waals surface area contributed by atoms with E-state index in [0.29, 0.717) is 5.92 Å². The Morgan fingerprint density at radius 2 is 2.07 bits per heavy atom. The molecule has 0 radical (unpaired) electrons. The average molecular weight is 381 g/mol. The van der Waals surface area contributed by atoms with E-state index >= 15 is 0 Å². The van der Waals surface area contributed by atoms with Crippen molar-refractivity contribution in [2.24, 2.45) is 11.3 Å². The summed E-state index contributed by atoms with van der Waals surface area (Å²) in [4.78, 5) is 11.6. The summed E-state index contributed by atoms with van der Waals surface area (Å²) in [6.45, 7) is 8.17. The van der Waals surface area contributed by atoms with E-state index in [1.807, 2.05) is 10.9 Å². The monoisotopic (exact) mass is 381 g/mol. The Balaban J connectivity index is 1.63. The molecule has 1 N–H and O–H groups in total. The number of carbonyl (C=O) groups is 1. The maximum absolute atomic E-state index is 13.3. The normalized spacial score (nSPS) is 23.8. The highest BCUT2D eigenvalue weighted by Gasteiger charge is 2.47. The second-order valence-corrected chi connectivity index (χ2v) is 9.21. The number of hydrogen-bond acceptors (Lipinski definition) is 2. The zero-order chi connectivity index (χ0) is 20.1. The average Bonchev–Trinajstić information content (AvgIpc) is 3.13. The van der Waals surface area contributed by atoms with Gasteiger partial charge in [0.25, 0.3) is 0 Å².